The Bertz CT molecular complexity index is 1290. The summed E-state index contributed by atoms with van der Waals surface area (Å²) in [7, 11) is 1.98. The first-order valence-electron chi connectivity index (χ1n) is 13.0. The zero-order valence-corrected chi connectivity index (χ0v) is 22.3. The first kappa shape index (κ1) is 25.5. The average Bonchev–Trinajstić information content (AvgIpc) is 3.30. The number of hydrogen-bond acceptors (Lipinski definition) is 6. The second-order valence-electron chi connectivity index (χ2n) is 11.2. The zero-order chi connectivity index (χ0) is 26.3. The third-order valence-corrected chi connectivity index (χ3v) is 7.52. The molecule has 8 nitrogen and oxygen atoms in total. The molecule has 0 radical (unpaired) electrons. The number of fused-ring (bicyclic) bond motifs is 1. The number of carbonyl (C=O) groups excluding carboxylic acids is 1. The van der Waals surface area contributed by atoms with Crippen LogP contribution in [-0.2, 0) is 30.1 Å². The highest BCUT2D eigenvalue weighted by atomic mass is 19.1. The summed E-state index contributed by atoms with van der Waals surface area (Å²) in [4.78, 5) is 18.0. The smallest absolute Gasteiger partial charge is 0.241 e. The number of nitrogens with zero attached hydrogens (tertiary/aromatic N) is 6. The predicted octanol–water partition coefficient (Wildman–Crippen LogP) is 2.78. The quantitative estimate of drug-likeness (QED) is 0.555. The number of benzene rings is 1. The fraction of sp³-hybridized carbons (Fsp3) is 0.500. The fourth-order valence-corrected chi connectivity index (χ4v) is 5.57. The van der Waals surface area contributed by atoms with E-state index in [0.717, 1.165) is 47.8 Å². The molecular weight excluding hydrogens is 469 g/mol. The van der Waals surface area contributed by atoms with Crippen molar-refractivity contribution in [1.82, 2.24) is 30.2 Å². The van der Waals surface area contributed by atoms with E-state index >= 15 is 0 Å². The van der Waals surface area contributed by atoms with E-state index in [1.165, 1.54) is 17.8 Å². The standard InChI is InChI=1S/C28H36FN7O/c1-18-10-23(34(5)33-18)13-24-14-30-19(2)15-35(24)16-26(37)36-17-28(3,4)27-25(36)12-22(31-32-27)11-20-6-8-21(29)9-7-20/h6-10,12,19,24,30H,11,13-17H2,1-5H3/t19-,24+/m1/s1. The molecule has 0 spiro atoms. The lowest BCUT2D eigenvalue weighted by Crippen LogP contribution is -2.58. The highest BCUT2D eigenvalue weighted by Crippen LogP contribution is 2.39. The van der Waals surface area contributed by atoms with Crippen LogP contribution in [-0.4, -0.2) is 69.0 Å². The monoisotopic (exact) mass is 505 g/mol. The SMILES string of the molecule is Cc1cc(C[C@H]2CN[C@H](C)CN2CC(=O)N2CC(C)(C)c3nnc(Cc4ccc(F)cc4)cc32)n(C)n1. The van der Waals surface area contributed by atoms with Gasteiger partial charge in [-0.15, -0.1) is 0 Å². The molecule has 196 valence electrons. The Hall–Kier alpha value is -3.17. The second-order valence-corrected chi connectivity index (χ2v) is 11.2. The fourth-order valence-electron chi connectivity index (χ4n) is 5.57. The molecule has 1 N–H and O–H groups in total. The minimum absolute atomic E-state index is 0.0767. The van der Waals surface area contributed by atoms with Gasteiger partial charge in [-0.25, -0.2) is 4.39 Å². The Kier molecular flexibility index (Phi) is 6.85. The van der Waals surface area contributed by atoms with Crippen LogP contribution in [0.5, 0.6) is 0 Å². The minimum Gasteiger partial charge on any atom is -0.311 e. The third-order valence-electron chi connectivity index (χ3n) is 7.52. The maximum Gasteiger partial charge on any atom is 0.241 e. The lowest BCUT2D eigenvalue weighted by Gasteiger charge is -2.39. The topological polar surface area (TPSA) is 79.2 Å². The van der Waals surface area contributed by atoms with Gasteiger partial charge in [-0.1, -0.05) is 26.0 Å². The van der Waals surface area contributed by atoms with Crippen molar-refractivity contribution < 1.29 is 9.18 Å². The van der Waals surface area contributed by atoms with Crippen LogP contribution >= 0.6 is 0 Å². The molecule has 0 saturated carbocycles. The van der Waals surface area contributed by atoms with Crippen molar-refractivity contribution in [3.05, 3.63) is 70.6 Å². The molecule has 2 atom stereocenters. The molecule has 2 aromatic heterocycles. The first-order chi connectivity index (χ1) is 17.6. The number of carbonyl (C=O) groups is 1. The number of piperazine rings is 1. The van der Waals surface area contributed by atoms with E-state index in [4.69, 9.17) is 0 Å². The van der Waals surface area contributed by atoms with E-state index in [9.17, 15) is 9.18 Å². The van der Waals surface area contributed by atoms with E-state index in [2.05, 4.69) is 52.4 Å². The summed E-state index contributed by atoms with van der Waals surface area (Å²) in [6.45, 7) is 10.9. The molecule has 37 heavy (non-hydrogen) atoms. The Morgan fingerprint density at radius 3 is 2.65 bits per heavy atom. The van der Waals surface area contributed by atoms with Gasteiger partial charge in [-0.05, 0) is 43.7 Å². The average molecular weight is 506 g/mol. The molecular formula is C28H36FN7O. The summed E-state index contributed by atoms with van der Waals surface area (Å²) in [5.74, 6) is -0.186. The zero-order valence-electron chi connectivity index (χ0n) is 22.3. The summed E-state index contributed by atoms with van der Waals surface area (Å²) in [6.07, 6.45) is 1.37. The molecule has 0 aliphatic carbocycles. The van der Waals surface area contributed by atoms with Crippen molar-refractivity contribution in [2.24, 2.45) is 7.05 Å². The highest BCUT2D eigenvalue weighted by Gasteiger charge is 2.41. The summed E-state index contributed by atoms with van der Waals surface area (Å²) in [5.41, 5.74) is 5.29. The number of nitrogens with one attached hydrogen (secondary N) is 1. The van der Waals surface area contributed by atoms with Crippen molar-refractivity contribution in [3.8, 4) is 0 Å². The molecule has 2 aliphatic heterocycles. The van der Waals surface area contributed by atoms with Crippen LogP contribution in [0, 0.1) is 12.7 Å². The summed E-state index contributed by atoms with van der Waals surface area (Å²) < 4.78 is 15.3. The summed E-state index contributed by atoms with van der Waals surface area (Å²) in [6, 6.07) is 11.0. The molecule has 3 aromatic rings. The second kappa shape index (κ2) is 9.95. The number of anilines is 1. The molecule has 1 amide bonds. The molecule has 4 heterocycles. The van der Waals surface area contributed by atoms with E-state index < -0.39 is 0 Å². The van der Waals surface area contributed by atoms with Crippen molar-refractivity contribution in [2.45, 2.75) is 58.0 Å². The Morgan fingerprint density at radius 2 is 1.95 bits per heavy atom. The van der Waals surface area contributed by atoms with Crippen LogP contribution < -0.4 is 10.2 Å². The van der Waals surface area contributed by atoms with Gasteiger partial charge in [0.1, 0.15) is 5.82 Å². The number of rotatable bonds is 6. The van der Waals surface area contributed by atoms with Crippen LogP contribution in [0.1, 0.15) is 49.1 Å². The largest absolute Gasteiger partial charge is 0.311 e. The van der Waals surface area contributed by atoms with Crippen LogP contribution in [0.3, 0.4) is 0 Å². The van der Waals surface area contributed by atoms with Crippen molar-refractivity contribution >= 4 is 11.6 Å². The third kappa shape index (κ3) is 5.43. The molecule has 0 unspecified atom stereocenters. The highest BCUT2D eigenvalue weighted by molar-refractivity contribution is 5.97. The molecule has 1 saturated heterocycles. The number of halogens is 1. The Morgan fingerprint density at radius 1 is 1.19 bits per heavy atom. The number of aromatic nitrogens is 4. The minimum atomic E-state index is -0.283. The van der Waals surface area contributed by atoms with Gasteiger partial charge in [0.15, 0.2) is 0 Å². The number of hydrogen-bond donors (Lipinski definition) is 1. The van der Waals surface area contributed by atoms with Crippen molar-refractivity contribution in [2.75, 3.05) is 31.1 Å². The summed E-state index contributed by atoms with van der Waals surface area (Å²) >= 11 is 0. The molecule has 0 bridgehead atoms. The van der Waals surface area contributed by atoms with E-state index in [0.29, 0.717) is 25.6 Å². The van der Waals surface area contributed by atoms with Crippen LogP contribution in [0.4, 0.5) is 10.1 Å². The van der Waals surface area contributed by atoms with Gasteiger partial charge in [0.2, 0.25) is 5.91 Å². The van der Waals surface area contributed by atoms with Crippen molar-refractivity contribution in [1.29, 1.82) is 0 Å². The molecule has 1 fully saturated rings. The van der Waals surface area contributed by atoms with E-state index in [1.807, 2.05) is 29.6 Å². The molecule has 1 aromatic carbocycles. The molecule has 2 aliphatic rings. The van der Waals surface area contributed by atoms with Crippen LogP contribution in [0.2, 0.25) is 0 Å². The van der Waals surface area contributed by atoms with Gasteiger partial charge in [-0.3, -0.25) is 14.4 Å². The lowest BCUT2D eigenvalue weighted by molar-refractivity contribution is -0.120. The van der Waals surface area contributed by atoms with E-state index in [1.54, 1.807) is 12.1 Å². The van der Waals surface area contributed by atoms with Gasteiger partial charge < -0.3 is 10.2 Å². The predicted molar refractivity (Wildman–Crippen MR) is 141 cm³/mol. The number of aryl methyl sites for hydroxylation is 2. The van der Waals surface area contributed by atoms with Crippen LogP contribution in [0.15, 0.2) is 36.4 Å². The maximum absolute atomic E-state index is 13.8. The van der Waals surface area contributed by atoms with Gasteiger partial charge in [0, 0.05) is 62.7 Å². The van der Waals surface area contributed by atoms with E-state index in [-0.39, 0.29) is 23.2 Å². The van der Waals surface area contributed by atoms with Crippen LogP contribution in [0.25, 0.3) is 0 Å². The van der Waals surface area contributed by atoms with Gasteiger partial charge in [0.25, 0.3) is 0 Å². The summed E-state index contributed by atoms with van der Waals surface area (Å²) in [5, 5.41) is 17.1. The Balaban J connectivity index is 1.36. The molecule has 9 heteroatoms. The van der Waals surface area contributed by atoms with Gasteiger partial charge in [0.05, 0.1) is 29.3 Å². The van der Waals surface area contributed by atoms with Crippen molar-refractivity contribution in [3.63, 3.8) is 0 Å². The Labute approximate surface area is 217 Å². The van der Waals surface area contributed by atoms with Gasteiger partial charge >= 0.3 is 0 Å². The first-order valence-corrected chi connectivity index (χ1v) is 13.0. The molecule has 5 rings (SSSR count). The lowest BCUT2D eigenvalue weighted by atomic mass is 9.91. The van der Waals surface area contributed by atoms with Gasteiger partial charge in [-0.2, -0.15) is 15.3 Å². The maximum atomic E-state index is 13.8. The number of amides is 1. The normalized spacial score (nSPS) is 21.3.